The molecule has 5 aromatic rings. The zero-order chi connectivity index (χ0) is 46.4. The van der Waals surface area contributed by atoms with E-state index in [2.05, 4.69) is 16.1 Å². The lowest BCUT2D eigenvalue weighted by atomic mass is 9.86. The van der Waals surface area contributed by atoms with Gasteiger partial charge in [-0.2, -0.15) is 0 Å². The minimum Gasteiger partial charge on any atom is -0.506 e. The second-order valence-electron chi connectivity index (χ2n) is 16.8. The molecule has 1 atom stereocenters. The molecule has 3 saturated heterocycles. The highest BCUT2D eigenvalue weighted by Crippen LogP contribution is 2.45. The second-order valence-corrected chi connectivity index (χ2v) is 19.8. The van der Waals surface area contributed by atoms with E-state index in [1.165, 1.54) is 15.3 Å². The number of phenols is 1. The molecule has 1 aromatic heterocycles. The number of piperidine rings is 3. The van der Waals surface area contributed by atoms with Crippen LogP contribution in [0.3, 0.4) is 0 Å². The van der Waals surface area contributed by atoms with Gasteiger partial charge in [-0.1, -0.05) is 36.4 Å². The summed E-state index contributed by atoms with van der Waals surface area (Å²) in [5.41, 5.74) is 7.44. The summed E-state index contributed by atoms with van der Waals surface area (Å²) in [7, 11) is -3.75. The molecule has 17 nitrogen and oxygen atoms in total. The van der Waals surface area contributed by atoms with E-state index in [4.69, 9.17) is 9.84 Å². The summed E-state index contributed by atoms with van der Waals surface area (Å²) in [6.45, 7) is 0.824. The Labute approximate surface area is 381 Å². The number of carboxylic acids is 2. The Morgan fingerprint density at radius 2 is 1.67 bits per heavy atom. The summed E-state index contributed by atoms with van der Waals surface area (Å²) < 4.78 is 49.1. The number of carbonyl (C=O) groups is 5. The lowest BCUT2D eigenvalue weighted by molar-refractivity contribution is -0.139. The number of hydrazine groups is 1. The maximum absolute atomic E-state index is 15.3. The maximum Gasteiger partial charge on any atom is 0.349 e. The summed E-state index contributed by atoms with van der Waals surface area (Å²) >= 11 is 0.635. The Balaban J connectivity index is 0.798. The molecule has 4 aliphatic rings. The van der Waals surface area contributed by atoms with E-state index < -0.39 is 57.0 Å². The number of aliphatic carboxylic acids is 1. The van der Waals surface area contributed by atoms with Crippen LogP contribution in [0.4, 0.5) is 21.5 Å². The van der Waals surface area contributed by atoms with Crippen molar-refractivity contribution in [2.24, 2.45) is 0 Å². The standard InChI is InChI=1S/C46H45FN6O11S2/c47-40-41(64-23-38(56)57)43(46(60)61)65-42(40)27-3-1-4-29(22-27)48-28-15-19-52(20-16-28)66(62,63)24-25-7-11-36(54)33(21-25)50-51-17-13-26(14-18-51)30-8-9-34-39-31(30)5-2-6-32(39)45(59)53(34)35-10-12-37(55)49-44(35)58/h1-9,11,21-22,26,28,35,48,50,54H,10,12-20,23-24H2,(H,56,57)(H,60,61)(H,49,55,58). The number of rotatable bonds is 14. The van der Waals surface area contributed by atoms with Crippen molar-refractivity contribution in [1.29, 1.82) is 0 Å². The van der Waals surface area contributed by atoms with E-state index in [0.29, 0.717) is 71.0 Å². The van der Waals surface area contributed by atoms with Gasteiger partial charge in [0.15, 0.2) is 23.1 Å². The third kappa shape index (κ3) is 8.75. The quantitative estimate of drug-likeness (QED) is 0.0558. The number of benzene rings is 4. The van der Waals surface area contributed by atoms with E-state index in [0.717, 1.165) is 29.2 Å². The molecule has 4 aromatic carbocycles. The molecule has 3 amide bonds. The van der Waals surface area contributed by atoms with Gasteiger partial charge in [-0.3, -0.25) is 24.6 Å². The van der Waals surface area contributed by atoms with Gasteiger partial charge in [-0.25, -0.2) is 31.7 Å². The fourth-order valence-electron chi connectivity index (χ4n) is 9.41. The Morgan fingerprint density at radius 3 is 2.39 bits per heavy atom. The summed E-state index contributed by atoms with van der Waals surface area (Å²) in [5.74, 6) is -5.65. The summed E-state index contributed by atoms with van der Waals surface area (Å²) in [5, 5.41) is 38.8. The lowest BCUT2D eigenvalue weighted by Gasteiger charge is -2.34. The predicted octanol–water partition coefficient (Wildman–Crippen LogP) is 5.95. The molecule has 0 aliphatic carbocycles. The van der Waals surface area contributed by atoms with Gasteiger partial charge in [-0.15, -0.1) is 11.3 Å². The number of halogens is 1. The van der Waals surface area contributed by atoms with Crippen molar-refractivity contribution in [3.8, 4) is 21.9 Å². The number of nitrogens with one attached hydrogen (secondary N) is 3. The van der Waals surface area contributed by atoms with Gasteiger partial charge in [0, 0.05) is 55.3 Å². The van der Waals surface area contributed by atoms with Crippen LogP contribution in [-0.2, 0) is 30.2 Å². The number of thiophene rings is 1. The smallest absolute Gasteiger partial charge is 0.349 e. The number of carboxylic acid groups (broad SMARTS) is 2. The zero-order valence-corrected chi connectivity index (χ0v) is 36.9. The number of anilines is 3. The van der Waals surface area contributed by atoms with Crippen molar-refractivity contribution >= 4 is 78.9 Å². The lowest BCUT2D eigenvalue weighted by Crippen LogP contribution is -2.53. The first kappa shape index (κ1) is 44.6. The molecular formula is C46H45FN6O11S2. The van der Waals surface area contributed by atoms with Crippen molar-refractivity contribution in [1.82, 2.24) is 14.6 Å². The highest BCUT2D eigenvalue weighted by molar-refractivity contribution is 7.88. The summed E-state index contributed by atoms with van der Waals surface area (Å²) in [6, 6.07) is 20.0. The molecular weight excluding hydrogens is 896 g/mol. The molecule has 0 bridgehead atoms. The molecule has 1 unspecified atom stereocenters. The van der Waals surface area contributed by atoms with Crippen LogP contribution in [0.2, 0.25) is 0 Å². The number of amides is 3. The van der Waals surface area contributed by atoms with Crippen molar-refractivity contribution < 1.29 is 56.8 Å². The molecule has 0 saturated carbocycles. The van der Waals surface area contributed by atoms with Gasteiger partial charge >= 0.3 is 11.9 Å². The van der Waals surface area contributed by atoms with Gasteiger partial charge in [-0.05, 0) is 96.5 Å². The molecule has 20 heteroatoms. The monoisotopic (exact) mass is 940 g/mol. The highest BCUT2D eigenvalue weighted by Gasteiger charge is 2.41. The fourth-order valence-corrected chi connectivity index (χ4v) is 11.9. The SMILES string of the molecule is O=C(O)COc1c(C(=O)O)sc(-c2cccc(NC3CCN(S(=O)(=O)Cc4ccc(O)c(NN5CCC(c6ccc7c8c(cccc68)C(=O)N7C6CCC(=O)NC6=O)CC5)c4)CC3)c2)c1F. The zero-order valence-electron chi connectivity index (χ0n) is 35.3. The summed E-state index contributed by atoms with van der Waals surface area (Å²) in [6.07, 6.45) is 2.89. The molecule has 0 radical (unpaired) electrons. The fraction of sp³-hybridized carbons (Fsp3) is 0.326. The molecule has 4 aliphatic heterocycles. The highest BCUT2D eigenvalue weighted by atomic mass is 32.2. The number of carbonyl (C=O) groups excluding carboxylic acids is 3. The topological polar surface area (TPSA) is 235 Å². The molecule has 9 rings (SSSR count). The van der Waals surface area contributed by atoms with Gasteiger partial charge in [0.05, 0.1) is 22.0 Å². The average Bonchev–Trinajstić information content (AvgIpc) is 3.78. The Kier molecular flexibility index (Phi) is 12.2. The largest absolute Gasteiger partial charge is 0.506 e. The number of imide groups is 1. The molecule has 6 N–H and O–H groups in total. The number of nitrogens with zero attached hydrogens (tertiary/aromatic N) is 3. The van der Waals surface area contributed by atoms with Crippen molar-refractivity contribution in [2.45, 2.75) is 62.3 Å². The first-order chi connectivity index (χ1) is 31.6. The average molecular weight is 941 g/mol. The minimum absolute atomic E-state index is 0.0249. The third-order valence-electron chi connectivity index (χ3n) is 12.6. The van der Waals surface area contributed by atoms with Crippen LogP contribution >= 0.6 is 11.3 Å². The Bertz CT molecular complexity index is 2910. The van der Waals surface area contributed by atoms with Crippen LogP contribution in [0, 0.1) is 5.82 Å². The summed E-state index contributed by atoms with van der Waals surface area (Å²) in [4.78, 5) is 62.0. The van der Waals surface area contributed by atoms with Crippen LogP contribution < -0.4 is 25.7 Å². The van der Waals surface area contributed by atoms with Crippen molar-refractivity contribution in [3.63, 3.8) is 0 Å². The third-order valence-corrected chi connectivity index (χ3v) is 15.6. The van der Waals surface area contributed by atoms with Crippen LogP contribution in [0.15, 0.2) is 72.8 Å². The first-order valence-electron chi connectivity index (χ1n) is 21.5. The maximum atomic E-state index is 15.3. The van der Waals surface area contributed by atoms with Gasteiger partial charge in [0.25, 0.3) is 5.91 Å². The number of hydrogen-bond acceptors (Lipinski definition) is 13. The minimum atomic E-state index is -3.75. The normalized spacial score (nSPS) is 18.7. The predicted molar refractivity (Wildman–Crippen MR) is 243 cm³/mol. The van der Waals surface area contributed by atoms with E-state index in [9.17, 15) is 42.6 Å². The molecule has 3 fully saturated rings. The Hall–Kier alpha value is -6.61. The molecule has 66 heavy (non-hydrogen) atoms. The van der Waals surface area contributed by atoms with Crippen LogP contribution in [0.5, 0.6) is 11.5 Å². The van der Waals surface area contributed by atoms with Crippen LogP contribution in [0.1, 0.15) is 75.6 Å². The van der Waals surface area contributed by atoms with Crippen molar-refractivity contribution in [3.05, 3.63) is 100 Å². The van der Waals surface area contributed by atoms with E-state index in [1.54, 1.807) is 42.5 Å². The molecule has 344 valence electrons. The van der Waals surface area contributed by atoms with Gasteiger partial charge in [0.2, 0.25) is 21.8 Å². The number of hydrogen-bond donors (Lipinski definition) is 6. The van der Waals surface area contributed by atoms with E-state index >= 15 is 4.39 Å². The number of sulfonamides is 1. The Morgan fingerprint density at radius 1 is 0.909 bits per heavy atom. The number of ether oxygens (including phenoxy) is 1. The molecule has 5 heterocycles. The number of aromatic carboxylic acids is 1. The van der Waals surface area contributed by atoms with Crippen LogP contribution in [-0.4, -0.2) is 108 Å². The van der Waals surface area contributed by atoms with Crippen molar-refractivity contribution in [2.75, 3.05) is 48.4 Å². The second kappa shape index (κ2) is 18.0. The number of aromatic hydroxyl groups is 1. The van der Waals surface area contributed by atoms with Crippen LogP contribution in [0.25, 0.3) is 21.2 Å². The number of phenolic OH excluding ortho intramolecular Hbond substituents is 1. The van der Waals surface area contributed by atoms with Gasteiger partial charge in [0.1, 0.15) is 11.8 Å². The van der Waals surface area contributed by atoms with E-state index in [-0.39, 0.29) is 66.1 Å². The van der Waals surface area contributed by atoms with E-state index in [1.807, 2.05) is 29.3 Å². The van der Waals surface area contributed by atoms with Gasteiger partial charge < -0.3 is 30.8 Å². The molecule has 0 spiro atoms. The first-order valence-corrected chi connectivity index (χ1v) is 23.9.